The number of para-hydroxylation sites is 1. The lowest BCUT2D eigenvalue weighted by atomic mass is 9.48. The summed E-state index contributed by atoms with van der Waals surface area (Å²) >= 11 is 1.45. The second-order valence-electron chi connectivity index (χ2n) is 10.2. The molecule has 0 N–H and O–H groups in total. The minimum absolute atomic E-state index is 0.0378. The van der Waals surface area contributed by atoms with Gasteiger partial charge in [0.25, 0.3) is 5.56 Å². The number of rotatable bonds is 6. The minimum Gasteiger partial charge on any atom is -0.298 e. The van der Waals surface area contributed by atoms with Crippen molar-refractivity contribution in [3.63, 3.8) is 0 Å². The third-order valence-corrected chi connectivity index (χ3v) is 8.95. The van der Waals surface area contributed by atoms with Crippen LogP contribution in [0.1, 0.15) is 44.1 Å². The molecule has 4 aliphatic rings. The number of Topliss-reactive ketones (excluding diaryl/α,β-unsaturated/α-hetero) is 1. The van der Waals surface area contributed by atoms with Gasteiger partial charge in [0.15, 0.2) is 5.16 Å². The van der Waals surface area contributed by atoms with E-state index in [9.17, 15) is 9.59 Å². The fraction of sp³-hybridized carbons (Fsp3) is 0.444. The Labute approximate surface area is 192 Å². The molecular weight excluding hydrogens is 416 g/mol. The number of aromatic nitrogens is 2. The van der Waals surface area contributed by atoms with E-state index in [4.69, 9.17) is 4.98 Å². The summed E-state index contributed by atoms with van der Waals surface area (Å²) < 4.78 is 1.75. The first-order valence-corrected chi connectivity index (χ1v) is 12.8. The second-order valence-corrected chi connectivity index (χ2v) is 11.1. The van der Waals surface area contributed by atoms with Gasteiger partial charge < -0.3 is 0 Å². The van der Waals surface area contributed by atoms with Crippen LogP contribution in [0.15, 0.2) is 64.5 Å². The van der Waals surface area contributed by atoms with Crippen molar-refractivity contribution < 1.29 is 4.79 Å². The molecule has 2 aromatic carbocycles. The van der Waals surface area contributed by atoms with Gasteiger partial charge in [0.05, 0.1) is 23.2 Å². The highest BCUT2D eigenvalue weighted by Crippen LogP contribution is 2.60. The number of hydrogen-bond acceptors (Lipinski definition) is 4. The van der Waals surface area contributed by atoms with Crippen LogP contribution in [0.2, 0.25) is 0 Å². The Morgan fingerprint density at radius 3 is 2.25 bits per heavy atom. The van der Waals surface area contributed by atoms with Gasteiger partial charge in [-0.15, -0.1) is 0 Å². The normalized spacial score (nSPS) is 28.3. The van der Waals surface area contributed by atoms with Crippen LogP contribution in [0.5, 0.6) is 0 Å². The van der Waals surface area contributed by atoms with Crippen LogP contribution < -0.4 is 5.56 Å². The smallest absolute Gasteiger partial charge is 0.262 e. The lowest BCUT2D eigenvalue weighted by Crippen LogP contribution is -2.50. The molecule has 0 amide bonds. The fourth-order valence-electron chi connectivity index (χ4n) is 6.90. The van der Waals surface area contributed by atoms with E-state index in [2.05, 4.69) is 0 Å². The number of hydrogen-bond donors (Lipinski definition) is 0. The number of fused-ring (bicyclic) bond motifs is 1. The molecule has 0 saturated heterocycles. The largest absolute Gasteiger partial charge is 0.298 e. The summed E-state index contributed by atoms with van der Waals surface area (Å²) in [7, 11) is 0. The standard InChI is InChI=1S/C27H28N2O2S/c30-24(27-13-19-10-20(14-27)12-21(11-19)15-27)17-32-26-28-23-9-5-4-8-22(23)25(31)29(26)16-18-6-2-1-3-7-18/h1-9,19-21H,10-17H2. The van der Waals surface area contributed by atoms with Gasteiger partial charge in [0.2, 0.25) is 0 Å². The summed E-state index contributed by atoms with van der Waals surface area (Å²) in [5.41, 5.74) is 1.61. The lowest BCUT2D eigenvalue weighted by molar-refractivity contribution is -0.141. The predicted octanol–water partition coefficient (Wildman–Crippen LogP) is 5.32. The summed E-state index contributed by atoms with van der Waals surface area (Å²) in [4.78, 5) is 31.7. The summed E-state index contributed by atoms with van der Waals surface area (Å²) in [6.45, 7) is 0.464. The third-order valence-electron chi connectivity index (χ3n) is 7.97. The van der Waals surface area contributed by atoms with E-state index in [-0.39, 0.29) is 11.0 Å². The van der Waals surface area contributed by atoms with Gasteiger partial charge in [-0.25, -0.2) is 4.98 Å². The van der Waals surface area contributed by atoms with E-state index in [1.165, 1.54) is 31.0 Å². The molecule has 164 valence electrons. The molecule has 0 unspecified atom stereocenters. The number of ketones is 1. The lowest BCUT2D eigenvalue weighted by Gasteiger charge is -2.56. The van der Waals surface area contributed by atoms with Gasteiger partial charge in [-0.05, 0) is 74.0 Å². The average Bonchev–Trinajstić information content (AvgIpc) is 2.79. The highest BCUT2D eigenvalue weighted by molar-refractivity contribution is 7.99. The molecule has 5 heteroatoms. The van der Waals surface area contributed by atoms with Gasteiger partial charge in [-0.2, -0.15) is 0 Å². The quantitative estimate of drug-likeness (QED) is 0.381. The van der Waals surface area contributed by atoms with Crippen LogP contribution >= 0.6 is 11.8 Å². The molecule has 0 atom stereocenters. The van der Waals surface area contributed by atoms with Crippen molar-refractivity contribution in [1.82, 2.24) is 9.55 Å². The van der Waals surface area contributed by atoms with Gasteiger partial charge >= 0.3 is 0 Å². The molecule has 4 saturated carbocycles. The number of thioether (sulfide) groups is 1. The van der Waals surface area contributed by atoms with E-state index < -0.39 is 0 Å². The molecule has 32 heavy (non-hydrogen) atoms. The van der Waals surface area contributed by atoms with E-state index in [0.29, 0.717) is 34.1 Å². The predicted molar refractivity (Wildman–Crippen MR) is 128 cm³/mol. The second kappa shape index (κ2) is 7.87. The first-order valence-electron chi connectivity index (χ1n) is 11.8. The molecule has 1 aromatic heterocycles. The van der Waals surface area contributed by atoms with Crippen molar-refractivity contribution in [2.75, 3.05) is 5.75 Å². The SMILES string of the molecule is O=C(CSc1nc2ccccc2c(=O)n1Cc1ccccc1)C12CC3CC(CC(C3)C1)C2. The van der Waals surface area contributed by atoms with Gasteiger partial charge in [-0.1, -0.05) is 54.2 Å². The monoisotopic (exact) mass is 444 g/mol. The highest BCUT2D eigenvalue weighted by Gasteiger charge is 2.54. The Morgan fingerprint density at radius 2 is 1.56 bits per heavy atom. The van der Waals surface area contributed by atoms with E-state index in [0.717, 1.165) is 42.6 Å². The van der Waals surface area contributed by atoms with Crippen molar-refractivity contribution in [1.29, 1.82) is 0 Å². The maximum Gasteiger partial charge on any atom is 0.262 e. The summed E-state index contributed by atoms with van der Waals surface area (Å²) in [5.74, 6) is 3.06. The molecule has 4 aliphatic carbocycles. The number of benzene rings is 2. The molecule has 0 aliphatic heterocycles. The summed E-state index contributed by atoms with van der Waals surface area (Å²) in [6, 6.07) is 17.5. The molecular formula is C27H28N2O2S. The van der Waals surface area contributed by atoms with Crippen molar-refractivity contribution >= 4 is 28.4 Å². The molecule has 0 radical (unpaired) electrons. The first kappa shape index (κ1) is 20.2. The molecule has 4 nitrogen and oxygen atoms in total. The first-order chi connectivity index (χ1) is 15.6. The van der Waals surface area contributed by atoms with E-state index in [1.807, 2.05) is 54.6 Å². The molecule has 7 rings (SSSR count). The molecule has 3 aromatic rings. The third kappa shape index (κ3) is 3.51. The van der Waals surface area contributed by atoms with Crippen LogP contribution in [0, 0.1) is 23.2 Å². The molecule has 0 spiro atoms. The molecule has 4 bridgehead atoms. The fourth-order valence-corrected chi connectivity index (χ4v) is 7.93. The van der Waals surface area contributed by atoms with Crippen LogP contribution in [-0.2, 0) is 11.3 Å². The Balaban J connectivity index is 1.30. The topological polar surface area (TPSA) is 52.0 Å². The Bertz CT molecular complexity index is 1200. The molecule has 1 heterocycles. The molecule has 4 fully saturated rings. The van der Waals surface area contributed by atoms with Crippen molar-refractivity contribution in [2.45, 2.75) is 50.2 Å². The summed E-state index contributed by atoms with van der Waals surface area (Å²) in [6.07, 6.45) is 7.26. The zero-order valence-corrected chi connectivity index (χ0v) is 19.0. The van der Waals surface area contributed by atoms with E-state index in [1.54, 1.807) is 4.57 Å². The van der Waals surface area contributed by atoms with Crippen molar-refractivity contribution in [2.24, 2.45) is 23.2 Å². The highest BCUT2D eigenvalue weighted by atomic mass is 32.2. The van der Waals surface area contributed by atoms with Crippen molar-refractivity contribution in [3.05, 3.63) is 70.5 Å². The number of nitrogens with zero attached hydrogens (tertiary/aromatic N) is 2. The van der Waals surface area contributed by atoms with Crippen molar-refractivity contribution in [3.8, 4) is 0 Å². The zero-order valence-electron chi connectivity index (χ0n) is 18.2. The average molecular weight is 445 g/mol. The summed E-state index contributed by atoms with van der Waals surface area (Å²) in [5, 5.41) is 1.27. The Hall–Kier alpha value is -2.40. The Morgan fingerprint density at radius 1 is 0.938 bits per heavy atom. The maximum absolute atomic E-state index is 13.6. The van der Waals surface area contributed by atoms with Crippen LogP contribution in [-0.4, -0.2) is 21.1 Å². The minimum atomic E-state index is -0.108. The maximum atomic E-state index is 13.6. The van der Waals surface area contributed by atoms with Crippen LogP contribution in [0.25, 0.3) is 10.9 Å². The van der Waals surface area contributed by atoms with Crippen LogP contribution in [0.3, 0.4) is 0 Å². The van der Waals surface area contributed by atoms with Gasteiger partial charge in [-0.3, -0.25) is 14.2 Å². The van der Waals surface area contributed by atoms with E-state index >= 15 is 0 Å². The van der Waals surface area contributed by atoms with Gasteiger partial charge in [0, 0.05) is 5.41 Å². The van der Waals surface area contributed by atoms with Gasteiger partial charge in [0.1, 0.15) is 5.78 Å². The number of carbonyl (C=O) groups is 1. The number of carbonyl (C=O) groups excluding carboxylic acids is 1. The Kier molecular flexibility index (Phi) is 4.98. The zero-order chi connectivity index (χ0) is 21.7. The van der Waals surface area contributed by atoms with Crippen LogP contribution in [0.4, 0.5) is 0 Å².